The molecule has 1 N–H and O–H groups in total. The van der Waals surface area contributed by atoms with Gasteiger partial charge in [-0.05, 0) is 25.7 Å². The molecule has 0 aromatic heterocycles. The summed E-state index contributed by atoms with van der Waals surface area (Å²) in [5.74, 6) is 0.0925. The number of nitrogens with zero attached hydrogens (tertiary/aromatic N) is 1. The zero-order valence-corrected chi connectivity index (χ0v) is 14.4. The number of hydrogen-bond acceptors (Lipinski definition) is 3. The number of piperidine rings is 1. The molecule has 8 heteroatoms. The van der Waals surface area contributed by atoms with Crippen LogP contribution in [0.2, 0.25) is 0 Å². The molecular formula is C17H27F3N2O3. The average Bonchev–Trinajstić information content (AvgIpc) is 2.59. The van der Waals surface area contributed by atoms with E-state index in [4.69, 9.17) is 0 Å². The quantitative estimate of drug-likeness (QED) is 0.737. The van der Waals surface area contributed by atoms with Crippen LogP contribution in [-0.2, 0) is 14.3 Å². The van der Waals surface area contributed by atoms with E-state index in [2.05, 4.69) is 10.1 Å². The monoisotopic (exact) mass is 364 g/mol. The lowest BCUT2D eigenvalue weighted by Gasteiger charge is -2.35. The molecule has 0 spiro atoms. The van der Waals surface area contributed by atoms with Gasteiger partial charge in [-0.25, -0.2) is 0 Å². The lowest BCUT2D eigenvalue weighted by molar-refractivity contribution is -0.174. The number of hydrogen-bond donors (Lipinski definition) is 1. The summed E-state index contributed by atoms with van der Waals surface area (Å²) in [4.78, 5) is 26.1. The van der Waals surface area contributed by atoms with E-state index in [1.165, 1.54) is 6.42 Å². The first kappa shape index (κ1) is 20.0. The fourth-order valence-electron chi connectivity index (χ4n) is 3.50. The van der Waals surface area contributed by atoms with E-state index in [1.54, 1.807) is 0 Å². The van der Waals surface area contributed by atoms with Gasteiger partial charge in [0.2, 0.25) is 11.8 Å². The Morgan fingerprint density at radius 3 is 2.28 bits per heavy atom. The second-order valence-corrected chi connectivity index (χ2v) is 6.92. The van der Waals surface area contributed by atoms with Crippen LogP contribution in [0.25, 0.3) is 0 Å². The van der Waals surface area contributed by atoms with Gasteiger partial charge in [0.05, 0.1) is 6.61 Å². The van der Waals surface area contributed by atoms with Crippen molar-refractivity contribution < 1.29 is 27.5 Å². The zero-order valence-electron chi connectivity index (χ0n) is 14.4. The molecule has 144 valence electrons. The van der Waals surface area contributed by atoms with Gasteiger partial charge in [0.1, 0.15) is 6.61 Å². The number of ether oxygens (including phenoxy) is 1. The Morgan fingerprint density at radius 1 is 1.04 bits per heavy atom. The maximum Gasteiger partial charge on any atom is 0.411 e. The van der Waals surface area contributed by atoms with Gasteiger partial charge in [-0.15, -0.1) is 0 Å². The maximum atomic E-state index is 12.5. The Kier molecular flexibility index (Phi) is 7.53. The SMILES string of the molecule is O=C(CCOCC(F)(F)F)NC1CCN(C(=O)C2CCCCC2)CC1. The topological polar surface area (TPSA) is 58.6 Å². The average molecular weight is 364 g/mol. The Balaban J connectivity index is 1.61. The van der Waals surface area contributed by atoms with Crippen LogP contribution in [0, 0.1) is 5.92 Å². The Labute approximate surface area is 146 Å². The van der Waals surface area contributed by atoms with Crippen molar-refractivity contribution >= 4 is 11.8 Å². The molecule has 0 unspecified atom stereocenters. The lowest BCUT2D eigenvalue weighted by atomic mass is 9.87. The third-order valence-corrected chi connectivity index (χ3v) is 4.87. The summed E-state index contributed by atoms with van der Waals surface area (Å²) < 4.78 is 40.2. The van der Waals surface area contributed by atoms with Crippen LogP contribution < -0.4 is 5.32 Å². The molecule has 0 radical (unpaired) electrons. The molecule has 2 aliphatic rings. The van der Waals surface area contributed by atoms with Crippen LogP contribution in [0.15, 0.2) is 0 Å². The minimum atomic E-state index is -4.37. The molecule has 0 aromatic rings. The summed E-state index contributed by atoms with van der Waals surface area (Å²) in [6.45, 7) is -0.317. The van der Waals surface area contributed by atoms with Crippen molar-refractivity contribution in [3.63, 3.8) is 0 Å². The highest BCUT2D eigenvalue weighted by atomic mass is 19.4. The van der Waals surface area contributed by atoms with Crippen LogP contribution in [-0.4, -0.2) is 55.2 Å². The van der Waals surface area contributed by atoms with Crippen LogP contribution in [0.1, 0.15) is 51.4 Å². The van der Waals surface area contributed by atoms with Gasteiger partial charge in [0.15, 0.2) is 0 Å². The third-order valence-electron chi connectivity index (χ3n) is 4.87. The van der Waals surface area contributed by atoms with E-state index >= 15 is 0 Å². The third kappa shape index (κ3) is 7.22. The standard InChI is InChI=1S/C17H27F3N2O3/c18-17(19,20)12-25-11-8-15(23)21-14-6-9-22(10-7-14)16(24)13-4-2-1-3-5-13/h13-14H,1-12H2,(H,21,23). The number of alkyl halides is 3. The molecule has 0 bridgehead atoms. The lowest BCUT2D eigenvalue weighted by Crippen LogP contribution is -2.48. The van der Waals surface area contributed by atoms with Crippen LogP contribution >= 0.6 is 0 Å². The molecule has 0 aromatic carbocycles. The van der Waals surface area contributed by atoms with Crippen molar-refractivity contribution in [3.05, 3.63) is 0 Å². The first-order valence-electron chi connectivity index (χ1n) is 9.08. The molecule has 2 amide bonds. The number of amides is 2. The fourth-order valence-corrected chi connectivity index (χ4v) is 3.50. The summed E-state index contributed by atoms with van der Waals surface area (Å²) in [6, 6.07) is -0.0227. The predicted molar refractivity (Wildman–Crippen MR) is 85.8 cm³/mol. The second-order valence-electron chi connectivity index (χ2n) is 6.92. The number of carbonyl (C=O) groups excluding carboxylic acids is 2. The van der Waals surface area contributed by atoms with E-state index in [1.807, 2.05) is 4.90 Å². The summed E-state index contributed by atoms with van der Waals surface area (Å²) in [7, 11) is 0. The molecule has 0 atom stereocenters. The summed E-state index contributed by atoms with van der Waals surface area (Å²) >= 11 is 0. The molecule has 1 saturated heterocycles. The predicted octanol–water partition coefficient (Wildman–Crippen LogP) is 2.64. The largest absolute Gasteiger partial charge is 0.411 e. The summed E-state index contributed by atoms with van der Waals surface area (Å²) in [5.41, 5.74) is 0. The Morgan fingerprint density at radius 2 is 1.68 bits per heavy atom. The Bertz CT molecular complexity index is 443. The van der Waals surface area contributed by atoms with Gasteiger partial charge < -0.3 is 15.0 Å². The molecule has 2 fully saturated rings. The van der Waals surface area contributed by atoms with Crippen molar-refractivity contribution in [2.45, 2.75) is 63.6 Å². The van der Waals surface area contributed by atoms with Crippen molar-refractivity contribution in [1.82, 2.24) is 10.2 Å². The molecule has 1 aliphatic carbocycles. The molecule has 1 heterocycles. The normalized spacial score (nSPS) is 20.5. The van der Waals surface area contributed by atoms with Crippen LogP contribution in [0.3, 0.4) is 0 Å². The van der Waals surface area contributed by atoms with Crippen molar-refractivity contribution in [3.8, 4) is 0 Å². The molecule has 1 aliphatic heterocycles. The maximum absolute atomic E-state index is 12.5. The fraction of sp³-hybridized carbons (Fsp3) is 0.882. The minimum Gasteiger partial charge on any atom is -0.372 e. The highest BCUT2D eigenvalue weighted by Gasteiger charge is 2.30. The highest BCUT2D eigenvalue weighted by Crippen LogP contribution is 2.26. The Hall–Kier alpha value is -1.31. The van der Waals surface area contributed by atoms with Gasteiger partial charge in [-0.3, -0.25) is 9.59 Å². The van der Waals surface area contributed by atoms with Crippen molar-refractivity contribution in [2.24, 2.45) is 5.92 Å². The van der Waals surface area contributed by atoms with Gasteiger partial charge >= 0.3 is 6.18 Å². The molecule has 5 nitrogen and oxygen atoms in total. The molecular weight excluding hydrogens is 337 g/mol. The van der Waals surface area contributed by atoms with Crippen LogP contribution in [0.5, 0.6) is 0 Å². The number of rotatable bonds is 6. The molecule has 1 saturated carbocycles. The number of halogens is 3. The molecule has 2 rings (SSSR count). The zero-order chi connectivity index (χ0) is 18.3. The molecule has 25 heavy (non-hydrogen) atoms. The van der Waals surface area contributed by atoms with E-state index < -0.39 is 12.8 Å². The van der Waals surface area contributed by atoms with E-state index in [-0.39, 0.29) is 36.8 Å². The number of nitrogens with one attached hydrogen (secondary N) is 1. The summed E-state index contributed by atoms with van der Waals surface area (Å²) in [5, 5.41) is 2.82. The van der Waals surface area contributed by atoms with Crippen molar-refractivity contribution in [1.29, 1.82) is 0 Å². The smallest absolute Gasteiger partial charge is 0.372 e. The highest BCUT2D eigenvalue weighted by molar-refractivity contribution is 5.79. The van der Waals surface area contributed by atoms with Crippen molar-refractivity contribution in [2.75, 3.05) is 26.3 Å². The summed E-state index contributed by atoms with van der Waals surface area (Å²) in [6.07, 6.45) is 2.34. The number of carbonyl (C=O) groups is 2. The minimum absolute atomic E-state index is 0.0227. The van der Waals surface area contributed by atoms with Gasteiger partial charge in [0, 0.05) is 31.5 Å². The van der Waals surface area contributed by atoms with E-state index in [0.717, 1.165) is 25.7 Å². The van der Waals surface area contributed by atoms with Gasteiger partial charge in [-0.2, -0.15) is 13.2 Å². The van der Waals surface area contributed by atoms with Gasteiger partial charge in [-0.1, -0.05) is 19.3 Å². The van der Waals surface area contributed by atoms with E-state index in [0.29, 0.717) is 25.9 Å². The van der Waals surface area contributed by atoms with Crippen LogP contribution in [0.4, 0.5) is 13.2 Å². The first-order valence-corrected chi connectivity index (χ1v) is 9.08. The number of likely N-dealkylation sites (tertiary alicyclic amines) is 1. The second kappa shape index (κ2) is 9.40. The van der Waals surface area contributed by atoms with E-state index in [9.17, 15) is 22.8 Å². The van der Waals surface area contributed by atoms with Gasteiger partial charge in [0.25, 0.3) is 0 Å². The first-order chi connectivity index (χ1) is 11.8.